The van der Waals surface area contributed by atoms with E-state index in [0.717, 1.165) is 24.7 Å². The Morgan fingerprint density at radius 1 is 1.41 bits per heavy atom. The highest BCUT2D eigenvalue weighted by molar-refractivity contribution is 5.03. The Labute approximate surface area is 104 Å². The summed E-state index contributed by atoms with van der Waals surface area (Å²) in [4.78, 5) is 0. The monoisotopic (exact) mass is 235 g/mol. The smallest absolute Gasteiger partial charge is 0.0492 e. The number of nitrogens with zero attached hydrogens (tertiary/aromatic N) is 2. The molecule has 1 aromatic rings. The van der Waals surface area contributed by atoms with E-state index in [1.807, 2.05) is 17.9 Å². The minimum absolute atomic E-state index is 0.0430. The minimum atomic E-state index is 0.0430. The van der Waals surface area contributed by atoms with Gasteiger partial charge in [0, 0.05) is 24.5 Å². The lowest BCUT2D eigenvalue weighted by Gasteiger charge is -2.40. The van der Waals surface area contributed by atoms with Crippen LogP contribution in [0.2, 0.25) is 0 Å². The Morgan fingerprint density at radius 3 is 2.59 bits per heavy atom. The summed E-state index contributed by atoms with van der Waals surface area (Å²) in [6, 6.07) is 2.10. The molecule has 96 valence electrons. The van der Waals surface area contributed by atoms with Crippen LogP contribution in [0.1, 0.15) is 45.2 Å². The van der Waals surface area contributed by atoms with Crippen LogP contribution in [0, 0.1) is 11.8 Å². The average Bonchev–Trinajstić information content (AvgIpc) is 2.59. The molecule has 0 aliphatic heterocycles. The van der Waals surface area contributed by atoms with Crippen LogP contribution in [0.5, 0.6) is 0 Å². The molecule has 0 amide bonds. The van der Waals surface area contributed by atoms with Crippen molar-refractivity contribution in [3.05, 3.63) is 18.0 Å². The largest absolute Gasteiger partial charge is 0.325 e. The van der Waals surface area contributed by atoms with E-state index in [2.05, 4.69) is 25.0 Å². The first-order chi connectivity index (χ1) is 7.98. The number of hydrogen-bond donors (Lipinski definition) is 1. The summed E-state index contributed by atoms with van der Waals surface area (Å²) in [6.07, 6.45) is 7.69. The molecule has 1 fully saturated rings. The molecule has 2 N–H and O–H groups in total. The van der Waals surface area contributed by atoms with E-state index in [0.29, 0.717) is 0 Å². The molecular formula is C14H25N3. The Bertz CT molecular complexity index is 359. The fourth-order valence-electron chi connectivity index (χ4n) is 3.55. The molecule has 0 aromatic carbocycles. The van der Waals surface area contributed by atoms with Gasteiger partial charge >= 0.3 is 0 Å². The summed E-state index contributed by atoms with van der Waals surface area (Å²) in [7, 11) is 2.00. The first-order valence-electron chi connectivity index (χ1n) is 6.74. The van der Waals surface area contributed by atoms with Gasteiger partial charge in [0.15, 0.2) is 0 Å². The minimum Gasteiger partial charge on any atom is -0.325 e. The lowest BCUT2D eigenvalue weighted by atomic mass is 9.70. The van der Waals surface area contributed by atoms with E-state index in [4.69, 9.17) is 5.73 Å². The predicted octanol–water partition coefficient (Wildman–Crippen LogP) is 2.51. The molecule has 2 unspecified atom stereocenters. The fraction of sp³-hybridized carbons (Fsp3) is 0.786. The van der Waals surface area contributed by atoms with Crippen molar-refractivity contribution in [2.75, 3.05) is 0 Å². The third-order valence-electron chi connectivity index (χ3n) is 4.12. The molecule has 1 aliphatic carbocycles. The van der Waals surface area contributed by atoms with Crippen LogP contribution in [0.4, 0.5) is 0 Å². The van der Waals surface area contributed by atoms with Gasteiger partial charge in [-0.1, -0.05) is 13.8 Å². The Kier molecular flexibility index (Phi) is 3.57. The molecule has 2 rings (SSSR count). The van der Waals surface area contributed by atoms with Gasteiger partial charge in [-0.3, -0.25) is 4.68 Å². The van der Waals surface area contributed by atoms with Crippen LogP contribution < -0.4 is 5.73 Å². The van der Waals surface area contributed by atoms with E-state index >= 15 is 0 Å². The first kappa shape index (κ1) is 12.6. The first-order valence-corrected chi connectivity index (χ1v) is 6.74. The topological polar surface area (TPSA) is 43.8 Å². The van der Waals surface area contributed by atoms with Crippen molar-refractivity contribution in [3.8, 4) is 0 Å². The van der Waals surface area contributed by atoms with Gasteiger partial charge in [0.1, 0.15) is 0 Å². The second kappa shape index (κ2) is 4.81. The molecule has 1 aromatic heterocycles. The number of aryl methyl sites for hydroxylation is 2. The number of nitrogens with two attached hydrogens (primary N) is 1. The molecule has 3 nitrogen and oxygen atoms in total. The van der Waals surface area contributed by atoms with Gasteiger partial charge in [0.2, 0.25) is 0 Å². The van der Waals surface area contributed by atoms with Crippen molar-refractivity contribution in [1.82, 2.24) is 9.78 Å². The second-order valence-corrected chi connectivity index (χ2v) is 6.16. The van der Waals surface area contributed by atoms with Crippen molar-refractivity contribution in [2.24, 2.45) is 24.6 Å². The van der Waals surface area contributed by atoms with Crippen LogP contribution in [0.25, 0.3) is 0 Å². The van der Waals surface area contributed by atoms with Crippen LogP contribution in [-0.2, 0) is 13.5 Å². The molecule has 0 radical (unpaired) electrons. The summed E-state index contributed by atoms with van der Waals surface area (Å²) >= 11 is 0. The van der Waals surface area contributed by atoms with Crippen molar-refractivity contribution in [3.63, 3.8) is 0 Å². The number of aromatic nitrogens is 2. The molecule has 1 saturated carbocycles. The van der Waals surface area contributed by atoms with Crippen molar-refractivity contribution < 1.29 is 0 Å². The van der Waals surface area contributed by atoms with Crippen LogP contribution in [0.3, 0.4) is 0 Å². The van der Waals surface area contributed by atoms with E-state index in [-0.39, 0.29) is 5.54 Å². The summed E-state index contributed by atoms with van der Waals surface area (Å²) in [5.41, 5.74) is 7.91. The van der Waals surface area contributed by atoms with Gasteiger partial charge in [-0.25, -0.2) is 0 Å². The van der Waals surface area contributed by atoms with Gasteiger partial charge in [-0.15, -0.1) is 0 Å². The van der Waals surface area contributed by atoms with Crippen molar-refractivity contribution in [2.45, 2.75) is 51.5 Å². The van der Waals surface area contributed by atoms with Gasteiger partial charge in [0.05, 0.1) is 0 Å². The zero-order chi connectivity index (χ0) is 12.5. The Balaban J connectivity index is 1.95. The summed E-state index contributed by atoms with van der Waals surface area (Å²) < 4.78 is 1.96. The maximum Gasteiger partial charge on any atom is 0.0492 e. The van der Waals surface area contributed by atoms with Crippen LogP contribution in [0.15, 0.2) is 12.3 Å². The fourth-order valence-corrected chi connectivity index (χ4v) is 3.55. The highest BCUT2D eigenvalue weighted by atomic mass is 15.2. The molecule has 1 heterocycles. The predicted molar refractivity (Wildman–Crippen MR) is 70.6 cm³/mol. The van der Waals surface area contributed by atoms with E-state index < -0.39 is 0 Å². The van der Waals surface area contributed by atoms with Gasteiger partial charge in [0.25, 0.3) is 0 Å². The maximum absolute atomic E-state index is 6.58. The molecule has 0 bridgehead atoms. The third kappa shape index (κ3) is 3.09. The van der Waals surface area contributed by atoms with Gasteiger partial charge < -0.3 is 5.73 Å². The molecule has 2 atom stereocenters. The lowest BCUT2D eigenvalue weighted by Crippen LogP contribution is -2.46. The van der Waals surface area contributed by atoms with E-state index in [1.54, 1.807) is 0 Å². The highest BCUT2D eigenvalue weighted by Gasteiger charge is 2.34. The molecular weight excluding hydrogens is 210 g/mol. The lowest BCUT2D eigenvalue weighted by molar-refractivity contribution is 0.173. The molecule has 3 heteroatoms. The maximum atomic E-state index is 6.58. The Morgan fingerprint density at radius 2 is 2.06 bits per heavy atom. The van der Waals surface area contributed by atoms with Crippen LogP contribution in [-0.4, -0.2) is 15.3 Å². The number of hydrogen-bond acceptors (Lipinski definition) is 2. The zero-order valence-corrected chi connectivity index (χ0v) is 11.3. The number of rotatable bonds is 3. The second-order valence-electron chi connectivity index (χ2n) is 6.16. The summed E-state index contributed by atoms with van der Waals surface area (Å²) in [5, 5.41) is 4.21. The molecule has 1 aliphatic rings. The van der Waals surface area contributed by atoms with Gasteiger partial charge in [-0.2, -0.15) is 5.10 Å². The van der Waals surface area contributed by atoms with E-state index in [9.17, 15) is 0 Å². The SMILES string of the molecule is CC1CC(C)CC(N)(CCc2ccnn2C)C1. The quantitative estimate of drug-likeness (QED) is 0.875. The molecule has 0 saturated heterocycles. The average molecular weight is 235 g/mol. The highest BCUT2D eigenvalue weighted by Crippen LogP contribution is 2.36. The third-order valence-corrected chi connectivity index (χ3v) is 4.12. The normalized spacial score (nSPS) is 33.9. The molecule has 17 heavy (non-hydrogen) atoms. The van der Waals surface area contributed by atoms with Crippen molar-refractivity contribution in [1.29, 1.82) is 0 Å². The summed E-state index contributed by atoms with van der Waals surface area (Å²) in [6.45, 7) is 4.67. The Hall–Kier alpha value is -0.830. The van der Waals surface area contributed by atoms with Crippen LogP contribution >= 0.6 is 0 Å². The standard InChI is InChI=1S/C14H25N3/c1-11-8-12(2)10-14(15,9-11)6-4-13-5-7-16-17(13)3/h5,7,11-12H,4,6,8-10,15H2,1-3H3. The van der Waals surface area contributed by atoms with E-state index in [1.165, 1.54) is 25.0 Å². The van der Waals surface area contributed by atoms with Crippen molar-refractivity contribution >= 4 is 0 Å². The van der Waals surface area contributed by atoms with Gasteiger partial charge in [-0.05, 0) is 50.0 Å². The summed E-state index contributed by atoms with van der Waals surface area (Å²) in [5.74, 6) is 1.55. The molecule has 0 spiro atoms. The zero-order valence-electron chi connectivity index (χ0n) is 11.3.